The first-order chi connectivity index (χ1) is 9.33. The molecule has 0 bridgehead atoms. The number of likely N-dealkylation sites (tertiary alicyclic amines) is 1. The first kappa shape index (κ1) is 14.5. The smallest absolute Gasteiger partial charge is 0.0717 e. The van der Waals surface area contributed by atoms with E-state index < -0.39 is 0 Å². The molecule has 1 saturated heterocycles. The average Bonchev–Trinajstić information content (AvgIpc) is 2.87. The van der Waals surface area contributed by atoms with Crippen molar-refractivity contribution in [2.75, 3.05) is 39.5 Å². The van der Waals surface area contributed by atoms with Crippen LogP contribution in [0.3, 0.4) is 0 Å². The van der Waals surface area contributed by atoms with E-state index in [0.29, 0.717) is 13.2 Å². The molecule has 1 aromatic rings. The Morgan fingerprint density at radius 3 is 2.26 bits per heavy atom. The van der Waals surface area contributed by atoms with Crippen LogP contribution in [-0.4, -0.2) is 54.6 Å². The van der Waals surface area contributed by atoms with Crippen molar-refractivity contribution < 1.29 is 14.9 Å². The Balaban J connectivity index is 1.64. The van der Waals surface area contributed by atoms with E-state index >= 15 is 0 Å². The molecule has 106 valence electrons. The number of nitrogens with zero attached hydrogens (tertiary/aromatic N) is 1. The second-order valence-electron chi connectivity index (χ2n) is 5.18. The molecule has 2 N–H and O–H groups in total. The van der Waals surface area contributed by atoms with Crippen LogP contribution in [0.15, 0.2) is 30.3 Å². The molecular weight excluding hydrogens is 242 g/mol. The second kappa shape index (κ2) is 7.60. The van der Waals surface area contributed by atoms with Crippen LogP contribution < -0.4 is 0 Å². The van der Waals surface area contributed by atoms with E-state index in [-0.39, 0.29) is 25.0 Å². The van der Waals surface area contributed by atoms with Gasteiger partial charge in [-0.25, -0.2) is 0 Å². The minimum absolute atomic E-state index is 0.159. The van der Waals surface area contributed by atoms with Crippen molar-refractivity contribution in [2.45, 2.75) is 6.61 Å². The third kappa shape index (κ3) is 4.28. The topological polar surface area (TPSA) is 52.9 Å². The summed E-state index contributed by atoms with van der Waals surface area (Å²) in [6.07, 6.45) is 0. The van der Waals surface area contributed by atoms with Crippen LogP contribution >= 0.6 is 0 Å². The zero-order valence-electron chi connectivity index (χ0n) is 11.2. The molecule has 0 radical (unpaired) electrons. The maximum absolute atomic E-state index is 9.24. The van der Waals surface area contributed by atoms with Crippen LogP contribution in [0, 0.1) is 11.8 Å². The van der Waals surface area contributed by atoms with E-state index in [1.165, 1.54) is 5.56 Å². The van der Waals surface area contributed by atoms with E-state index in [9.17, 15) is 10.2 Å². The fourth-order valence-corrected chi connectivity index (χ4v) is 2.59. The van der Waals surface area contributed by atoms with Gasteiger partial charge < -0.3 is 19.8 Å². The van der Waals surface area contributed by atoms with Crippen LogP contribution in [0.1, 0.15) is 5.56 Å². The number of rotatable bonds is 7. The van der Waals surface area contributed by atoms with Crippen molar-refractivity contribution in [1.82, 2.24) is 4.90 Å². The molecule has 4 nitrogen and oxygen atoms in total. The molecule has 0 aromatic heterocycles. The molecule has 2 atom stereocenters. The molecule has 0 aliphatic carbocycles. The third-order valence-electron chi connectivity index (χ3n) is 3.78. The Morgan fingerprint density at radius 1 is 1.05 bits per heavy atom. The summed E-state index contributed by atoms with van der Waals surface area (Å²) in [5.41, 5.74) is 1.19. The van der Waals surface area contributed by atoms with E-state index in [4.69, 9.17) is 4.74 Å². The highest BCUT2D eigenvalue weighted by atomic mass is 16.5. The molecule has 0 amide bonds. The van der Waals surface area contributed by atoms with Crippen molar-refractivity contribution >= 4 is 0 Å². The minimum Gasteiger partial charge on any atom is -0.396 e. The predicted octanol–water partition coefficient (Wildman–Crippen LogP) is 0.736. The lowest BCUT2D eigenvalue weighted by Gasteiger charge is -2.15. The zero-order valence-corrected chi connectivity index (χ0v) is 11.2. The summed E-state index contributed by atoms with van der Waals surface area (Å²) in [6, 6.07) is 10.1. The van der Waals surface area contributed by atoms with Gasteiger partial charge >= 0.3 is 0 Å². The number of benzene rings is 1. The van der Waals surface area contributed by atoms with Crippen LogP contribution in [-0.2, 0) is 11.3 Å². The van der Waals surface area contributed by atoms with Crippen LogP contribution in [0.5, 0.6) is 0 Å². The largest absolute Gasteiger partial charge is 0.396 e. The Labute approximate surface area is 114 Å². The predicted molar refractivity (Wildman–Crippen MR) is 73.7 cm³/mol. The van der Waals surface area contributed by atoms with Gasteiger partial charge in [0.1, 0.15) is 0 Å². The summed E-state index contributed by atoms with van der Waals surface area (Å²) in [5, 5.41) is 18.5. The second-order valence-corrected chi connectivity index (χ2v) is 5.18. The molecule has 1 aliphatic heterocycles. The van der Waals surface area contributed by atoms with Gasteiger partial charge in [0.15, 0.2) is 0 Å². The third-order valence-corrected chi connectivity index (χ3v) is 3.78. The Morgan fingerprint density at radius 2 is 1.68 bits per heavy atom. The minimum atomic E-state index is 0.159. The molecule has 1 aliphatic rings. The van der Waals surface area contributed by atoms with Crippen molar-refractivity contribution in [2.24, 2.45) is 11.8 Å². The van der Waals surface area contributed by atoms with Crippen molar-refractivity contribution in [1.29, 1.82) is 0 Å². The lowest BCUT2D eigenvalue weighted by Crippen LogP contribution is -2.26. The van der Waals surface area contributed by atoms with E-state index in [0.717, 1.165) is 19.6 Å². The number of aliphatic hydroxyl groups is 2. The quantitative estimate of drug-likeness (QED) is 0.714. The van der Waals surface area contributed by atoms with E-state index in [1.807, 2.05) is 18.2 Å². The van der Waals surface area contributed by atoms with Gasteiger partial charge in [0.05, 0.1) is 13.2 Å². The fraction of sp³-hybridized carbons (Fsp3) is 0.600. The fourth-order valence-electron chi connectivity index (χ4n) is 2.59. The van der Waals surface area contributed by atoms with Crippen molar-refractivity contribution in [3.05, 3.63) is 35.9 Å². The number of hydrogen-bond acceptors (Lipinski definition) is 4. The number of aliphatic hydroxyl groups excluding tert-OH is 2. The molecule has 0 saturated carbocycles. The standard InChI is InChI=1S/C15H23NO3/c17-10-14-8-16(9-15(14)11-18)6-7-19-12-13-4-2-1-3-5-13/h1-5,14-15,17-18H,6-12H2/t14-,15-/m0/s1. The monoisotopic (exact) mass is 265 g/mol. The Hall–Kier alpha value is -0.940. The molecule has 0 spiro atoms. The lowest BCUT2D eigenvalue weighted by atomic mass is 9.98. The van der Waals surface area contributed by atoms with Gasteiger partial charge in [-0.05, 0) is 5.56 Å². The molecule has 2 rings (SSSR count). The normalized spacial score (nSPS) is 23.9. The number of hydrogen-bond donors (Lipinski definition) is 2. The Bertz CT molecular complexity index is 346. The summed E-state index contributed by atoms with van der Waals surface area (Å²) in [7, 11) is 0. The lowest BCUT2D eigenvalue weighted by molar-refractivity contribution is 0.0964. The van der Waals surface area contributed by atoms with Gasteiger partial charge in [-0.3, -0.25) is 0 Å². The molecule has 1 heterocycles. The van der Waals surface area contributed by atoms with Gasteiger partial charge in [-0.2, -0.15) is 0 Å². The molecule has 4 heteroatoms. The summed E-state index contributed by atoms with van der Waals surface area (Å²) in [6.45, 7) is 4.22. The number of ether oxygens (including phenoxy) is 1. The van der Waals surface area contributed by atoms with E-state index in [2.05, 4.69) is 17.0 Å². The first-order valence-corrected chi connectivity index (χ1v) is 6.89. The highest BCUT2D eigenvalue weighted by Gasteiger charge is 2.31. The SMILES string of the molecule is OC[C@@H]1CN(CCOCc2ccccc2)C[C@H]1CO. The Kier molecular flexibility index (Phi) is 5.79. The van der Waals surface area contributed by atoms with Gasteiger partial charge in [0, 0.05) is 44.7 Å². The molecular formula is C15H23NO3. The van der Waals surface area contributed by atoms with Gasteiger partial charge in [0.25, 0.3) is 0 Å². The molecule has 0 unspecified atom stereocenters. The molecule has 19 heavy (non-hydrogen) atoms. The molecule has 1 fully saturated rings. The van der Waals surface area contributed by atoms with Crippen LogP contribution in [0.4, 0.5) is 0 Å². The highest BCUT2D eigenvalue weighted by Crippen LogP contribution is 2.22. The van der Waals surface area contributed by atoms with Crippen molar-refractivity contribution in [3.8, 4) is 0 Å². The summed E-state index contributed by atoms with van der Waals surface area (Å²) < 4.78 is 5.65. The van der Waals surface area contributed by atoms with Crippen LogP contribution in [0.25, 0.3) is 0 Å². The van der Waals surface area contributed by atoms with Crippen LogP contribution in [0.2, 0.25) is 0 Å². The van der Waals surface area contributed by atoms with Crippen molar-refractivity contribution in [3.63, 3.8) is 0 Å². The average molecular weight is 265 g/mol. The highest BCUT2D eigenvalue weighted by molar-refractivity contribution is 5.13. The van der Waals surface area contributed by atoms with E-state index in [1.54, 1.807) is 0 Å². The van der Waals surface area contributed by atoms with Gasteiger partial charge in [-0.1, -0.05) is 30.3 Å². The first-order valence-electron chi connectivity index (χ1n) is 6.89. The molecule has 1 aromatic carbocycles. The van der Waals surface area contributed by atoms with Gasteiger partial charge in [-0.15, -0.1) is 0 Å². The van der Waals surface area contributed by atoms with Gasteiger partial charge in [0.2, 0.25) is 0 Å². The maximum Gasteiger partial charge on any atom is 0.0717 e. The maximum atomic E-state index is 9.24. The summed E-state index contributed by atoms with van der Waals surface area (Å²) in [5.74, 6) is 0.415. The zero-order chi connectivity index (χ0) is 13.5. The summed E-state index contributed by atoms with van der Waals surface area (Å²) in [4.78, 5) is 2.26. The summed E-state index contributed by atoms with van der Waals surface area (Å²) >= 11 is 0.